The van der Waals surface area contributed by atoms with Gasteiger partial charge in [-0.3, -0.25) is 10.4 Å². The van der Waals surface area contributed by atoms with Gasteiger partial charge in [0.25, 0.3) is 0 Å². The van der Waals surface area contributed by atoms with Gasteiger partial charge in [-0.1, -0.05) is 41.4 Å². The van der Waals surface area contributed by atoms with Crippen LogP contribution in [-0.2, 0) is 16.2 Å². The first kappa shape index (κ1) is 23.9. The number of benzene rings is 2. The normalized spacial score (nSPS) is 15.7. The second kappa shape index (κ2) is 10.7. The highest BCUT2D eigenvalue weighted by atomic mass is 35.5. The largest absolute Gasteiger partial charge is 0.515 e. The molecule has 5 N–H and O–H groups in total. The maximum Gasteiger partial charge on any atom is 0.515 e. The number of hydrogen-bond donors (Lipinski definition) is 4. The SMILES string of the molecule is CC(OC(=O)Oc1ccccc1CON(O)O)N1CCN/C1=N\c1c(Cl)cc(N)cc1Cl. The molecule has 2 aromatic rings. The summed E-state index contributed by atoms with van der Waals surface area (Å²) in [5, 5.41) is 20.6. The smallest absolute Gasteiger partial charge is 0.410 e. The topological polar surface area (TPSA) is 142 Å². The molecule has 2 aromatic carbocycles. The van der Waals surface area contributed by atoms with Crippen LogP contribution in [0.25, 0.3) is 0 Å². The molecule has 3 rings (SSSR count). The fourth-order valence-electron chi connectivity index (χ4n) is 2.92. The summed E-state index contributed by atoms with van der Waals surface area (Å²) in [6.45, 7) is 2.47. The number of anilines is 1. The van der Waals surface area contributed by atoms with Crippen molar-refractivity contribution in [3.63, 3.8) is 0 Å². The number of hydrogen-bond acceptors (Lipinski definition) is 9. The number of carbonyl (C=O) groups excluding carboxylic acids is 1. The number of carbonyl (C=O) groups is 1. The number of ether oxygens (including phenoxy) is 2. The second-order valence-electron chi connectivity index (χ2n) is 6.59. The predicted molar refractivity (Wildman–Crippen MR) is 116 cm³/mol. The second-order valence-corrected chi connectivity index (χ2v) is 7.41. The summed E-state index contributed by atoms with van der Waals surface area (Å²) >= 11 is 12.4. The van der Waals surface area contributed by atoms with E-state index >= 15 is 0 Å². The lowest BCUT2D eigenvalue weighted by atomic mass is 10.2. The number of nitrogens with two attached hydrogens (primary N) is 1. The number of nitrogens with zero attached hydrogens (tertiary/aromatic N) is 3. The lowest BCUT2D eigenvalue weighted by Crippen LogP contribution is -2.40. The quantitative estimate of drug-likeness (QED) is 0.199. The Labute approximate surface area is 193 Å². The number of guanidine groups is 1. The van der Waals surface area contributed by atoms with Crippen molar-refractivity contribution >= 4 is 46.7 Å². The van der Waals surface area contributed by atoms with E-state index in [-0.39, 0.29) is 22.4 Å². The molecular formula is C19H21Cl2N5O6. The van der Waals surface area contributed by atoms with Gasteiger partial charge >= 0.3 is 6.16 Å². The van der Waals surface area contributed by atoms with Crippen LogP contribution in [0.15, 0.2) is 41.4 Å². The van der Waals surface area contributed by atoms with E-state index in [0.29, 0.717) is 36.0 Å². The Hall–Kier alpha value is -2.80. The van der Waals surface area contributed by atoms with Gasteiger partial charge in [-0.05, 0) is 25.1 Å². The first-order chi connectivity index (χ1) is 15.2. The van der Waals surface area contributed by atoms with Crippen LogP contribution in [0.1, 0.15) is 12.5 Å². The lowest BCUT2D eigenvalue weighted by Gasteiger charge is -2.25. The molecular weight excluding hydrogens is 465 g/mol. The van der Waals surface area contributed by atoms with Gasteiger partial charge in [0, 0.05) is 24.3 Å². The van der Waals surface area contributed by atoms with Gasteiger partial charge in [0.05, 0.1) is 15.4 Å². The highest BCUT2D eigenvalue weighted by molar-refractivity contribution is 6.39. The molecule has 0 aromatic heterocycles. The zero-order valence-electron chi connectivity index (χ0n) is 16.9. The van der Waals surface area contributed by atoms with E-state index in [9.17, 15) is 4.79 Å². The Bertz CT molecular complexity index is 983. The molecule has 172 valence electrons. The van der Waals surface area contributed by atoms with Crippen LogP contribution in [0.4, 0.5) is 16.2 Å². The summed E-state index contributed by atoms with van der Waals surface area (Å²) in [7, 11) is 0. The van der Waals surface area contributed by atoms with Crippen molar-refractivity contribution in [2.75, 3.05) is 18.8 Å². The molecule has 13 heteroatoms. The lowest BCUT2D eigenvalue weighted by molar-refractivity contribution is -0.497. The molecule has 1 fully saturated rings. The molecule has 1 unspecified atom stereocenters. The van der Waals surface area contributed by atoms with E-state index < -0.39 is 17.8 Å². The van der Waals surface area contributed by atoms with Crippen molar-refractivity contribution in [2.24, 2.45) is 4.99 Å². The highest BCUT2D eigenvalue weighted by Gasteiger charge is 2.27. The molecule has 11 nitrogen and oxygen atoms in total. The van der Waals surface area contributed by atoms with Crippen LogP contribution >= 0.6 is 23.2 Å². The molecule has 1 aliphatic heterocycles. The van der Waals surface area contributed by atoms with E-state index in [1.165, 1.54) is 18.2 Å². The highest BCUT2D eigenvalue weighted by Crippen LogP contribution is 2.35. The summed E-state index contributed by atoms with van der Waals surface area (Å²) in [4.78, 5) is 23.1. The molecule has 0 amide bonds. The zero-order valence-corrected chi connectivity index (χ0v) is 18.4. The van der Waals surface area contributed by atoms with Gasteiger partial charge in [0.15, 0.2) is 6.23 Å². The minimum absolute atomic E-state index is 0.139. The Kier molecular flexibility index (Phi) is 7.96. The number of halogens is 2. The Morgan fingerprint density at radius 1 is 1.31 bits per heavy atom. The summed E-state index contributed by atoms with van der Waals surface area (Å²) < 4.78 is 10.6. The molecule has 1 saturated heterocycles. The van der Waals surface area contributed by atoms with Crippen molar-refractivity contribution in [1.82, 2.24) is 15.6 Å². The van der Waals surface area contributed by atoms with E-state index in [4.69, 9.17) is 48.8 Å². The molecule has 0 aliphatic carbocycles. The molecule has 0 radical (unpaired) electrons. The van der Waals surface area contributed by atoms with Gasteiger partial charge in [0.2, 0.25) is 5.96 Å². The standard InChI is InChI=1S/C19H21Cl2N5O6/c1-11(31-19(27)32-16-5-3-2-4-12(16)10-30-26(28)29)25-7-6-23-18(25)24-17-14(20)8-13(22)9-15(17)21/h2-5,8-9,11,28-29H,6-7,10,22H2,1H3,(H,23,24). The first-order valence-corrected chi connectivity index (χ1v) is 10.1. The third-order valence-corrected chi connectivity index (χ3v) is 4.95. The van der Waals surface area contributed by atoms with Crippen LogP contribution in [0.5, 0.6) is 5.75 Å². The van der Waals surface area contributed by atoms with E-state index in [1.54, 1.807) is 30.0 Å². The molecule has 0 bridgehead atoms. The van der Waals surface area contributed by atoms with Crippen molar-refractivity contribution in [1.29, 1.82) is 0 Å². The zero-order chi connectivity index (χ0) is 23.3. The molecule has 1 heterocycles. The van der Waals surface area contributed by atoms with Crippen molar-refractivity contribution in [2.45, 2.75) is 19.8 Å². The van der Waals surface area contributed by atoms with Crippen LogP contribution in [-0.4, -0.2) is 52.1 Å². The van der Waals surface area contributed by atoms with Gasteiger partial charge in [-0.2, -0.15) is 0 Å². The minimum atomic E-state index is -0.968. The van der Waals surface area contributed by atoms with E-state index in [0.717, 1.165) is 0 Å². The van der Waals surface area contributed by atoms with Gasteiger partial charge in [-0.15, -0.1) is 0 Å². The van der Waals surface area contributed by atoms with Crippen LogP contribution in [0.2, 0.25) is 10.0 Å². The summed E-state index contributed by atoms with van der Waals surface area (Å²) in [6.07, 6.45) is -1.71. The molecule has 1 aliphatic rings. The summed E-state index contributed by atoms with van der Waals surface area (Å²) in [5.74, 6) is 0.555. The summed E-state index contributed by atoms with van der Waals surface area (Å²) in [6, 6.07) is 9.49. The predicted octanol–water partition coefficient (Wildman–Crippen LogP) is 3.54. The van der Waals surface area contributed by atoms with Crippen LogP contribution < -0.4 is 15.8 Å². The van der Waals surface area contributed by atoms with Gasteiger partial charge < -0.3 is 25.4 Å². The van der Waals surface area contributed by atoms with Gasteiger partial charge in [0.1, 0.15) is 18.0 Å². The maximum atomic E-state index is 12.3. The third-order valence-electron chi connectivity index (χ3n) is 4.37. The van der Waals surface area contributed by atoms with Crippen LogP contribution in [0, 0.1) is 0 Å². The number of nitrogens with one attached hydrogen (secondary N) is 1. The Morgan fingerprint density at radius 2 is 2.00 bits per heavy atom. The van der Waals surface area contributed by atoms with E-state index in [1.807, 2.05) is 0 Å². The fraction of sp³-hybridized carbons (Fsp3) is 0.263. The molecule has 0 spiro atoms. The average Bonchev–Trinajstić information content (AvgIpc) is 3.18. The number of aliphatic imine (C=N–C) groups is 1. The first-order valence-electron chi connectivity index (χ1n) is 9.35. The Balaban J connectivity index is 1.68. The van der Waals surface area contributed by atoms with Crippen molar-refractivity contribution < 1.29 is 29.5 Å². The monoisotopic (exact) mass is 485 g/mol. The minimum Gasteiger partial charge on any atom is -0.410 e. The number of para-hydroxylation sites is 1. The average molecular weight is 486 g/mol. The van der Waals surface area contributed by atoms with Crippen molar-refractivity contribution in [3.8, 4) is 5.75 Å². The Morgan fingerprint density at radius 3 is 2.69 bits per heavy atom. The van der Waals surface area contributed by atoms with E-state index in [2.05, 4.69) is 15.1 Å². The maximum absolute atomic E-state index is 12.3. The molecule has 32 heavy (non-hydrogen) atoms. The van der Waals surface area contributed by atoms with Crippen molar-refractivity contribution in [3.05, 3.63) is 52.0 Å². The molecule has 0 saturated carbocycles. The fourth-order valence-corrected chi connectivity index (χ4v) is 3.51. The van der Waals surface area contributed by atoms with Gasteiger partial charge in [-0.25, -0.2) is 14.6 Å². The number of nitrogen functional groups attached to an aromatic ring is 1. The summed E-state index contributed by atoms with van der Waals surface area (Å²) in [5.41, 5.74) is 6.86. The third kappa shape index (κ3) is 6.13. The van der Waals surface area contributed by atoms with Crippen LogP contribution in [0.3, 0.4) is 0 Å². The molecule has 1 atom stereocenters. The number of rotatable bonds is 7.